The molecule has 0 radical (unpaired) electrons. The predicted molar refractivity (Wildman–Crippen MR) is 56.0 cm³/mol. The molecule has 0 aromatic carbocycles. The Hall–Kier alpha value is -1.08. The minimum Gasteiger partial charge on any atom is -0.318 e. The largest absolute Gasteiger partial charge is 0.318 e. The number of rotatable bonds is 0. The Labute approximate surface area is 85.7 Å². The van der Waals surface area contributed by atoms with Crippen LogP contribution in [0.2, 0.25) is 0 Å². The van der Waals surface area contributed by atoms with E-state index in [9.17, 15) is 8.42 Å². The van der Waals surface area contributed by atoms with Crippen LogP contribution in [0.4, 0.5) is 5.82 Å². The minimum atomic E-state index is -3.56. The molecule has 0 unspecified atom stereocenters. The fraction of sp³-hybridized carbons (Fsp3) is 0.143. The first-order valence-electron chi connectivity index (χ1n) is 3.74. The standard InChI is InChI=1S/C7H7N3O2S2/c1-13-7-9-6-5(3-2-4-8-6)14(11,12)10-7/h2-4H,1H3,(H,8,9,10). The number of thioether (sulfide) groups is 1. The van der Waals surface area contributed by atoms with Gasteiger partial charge in [-0.1, -0.05) is 11.8 Å². The molecule has 0 amide bonds. The number of nitrogens with zero attached hydrogens (tertiary/aromatic N) is 2. The quantitative estimate of drug-likeness (QED) is 0.716. The van der Waals surface area contributed by atoms with Gasteiger partial charge in [-0.25, -0.2) is 4.98 Å². The Kier molecular flexibility index (Phi) is 2.20. The van der Waals surface area contributed by atoms with Gasteiger partial charge < -0.3 is 5.32 Å². The number of nitrogens with one attached hydrogen (secondary N) is 1. The zero-order valence-electron chi connectivity index (χ0n) is 7.26. The highest BCUT2D eigenvalue weighted by atomic mass is 32.2. The normalized spacial score (nSPS) is 17.9. The van der Waals surface area contributed by atoms with E-state index in [0.717, 1.165) is 0 Å². The molecule has 1 N–H and O–H groups in total. The van der Waals surface area contributed by atoms with Crippen molar-refractivity contribution in [2.75, 3.05) is 11.6 Å². The summed E-state index contributed by atoms with van der Waals surface area (Å²) >= 11 is 1.23. The second kappa shape index (κ2) is 3.25. The molecule has 0 spiro atoms. The van der Waals surface area contributed by atoms with E-state index < -0.39 is 10.0 Å². The molecule has 1 aliphatic heterocycles. The molecular weight excluding hydrogens is 222 g/mol. The van der Waals surface area contributed by atoms with Crippen molar-refractivity contribution in [3.05, 3.63) is 18.3 Å². The molecule has 1 aromatic heterocycles. The third-order valence-electron chi connectivity index (χ3n) is 1.67. The first kappa shape index (κ1) is 9.47. The van der Waals surface area contributed by atoms with Crippen molar-refractivity contribution in [2.24, 2.45) is 4.40 Å². The summed E-state index contributed by atoms with van der Waals surface area (Å²) in [4.78, 5) is 4.05. The van der Waals surface area contributed by atoms with E-state index in [2.05, 4.69) is 14.7 Å². The Morgan fingerprint density at radius 1 is 1.50 bits per heavy atom. The van der Waals surface area contributed by atoms with Gasteiger partial charge in [0.2, 0.25) is 0 Å². The van der Waals surface area contributed by atoms with Gasteiger partial charge in [-0.2, -0.15) is 8.42 Å². The second-order valence-corrected chi connectivity index (χ2v) is 4.92. The van der Waals surface area contributed by atoms with E-state index in [0.29, 0.717) is 11.0 Å². The minimum absolute atomic E-state index is 0.123. The maximum Gasteiger partial charge on any atom is 0.288 e. The maximum atomic E-state index is 11.6. The molecule has 0 saturated carbocycles. The molecule has 0 bridgehead atoms. The van der Waals surface area contributed by atoms with Gasteiger partial charge in [0, 0.05) is 6.20 Å². The summed E-state index contributed by atoms with van der Waals surface area (Å²) in [6.07, 6.45) is 3.28. The van der Waals surface area contributed by atoms with Gasteiger partial charge in [0.05, 0.1) is 0 Å². The van der Waals surface area contributed by atoms with Crippen LogP contribution in [0.3, 0.4) is 0 Å². The maximum absolute atomic E-state index is 11.6. The molecule has 1 aromatic rings. The summed E-state index contributed by atoms with van der Waals surface area (Å²) in [5.74, 6) is 0.340. The van der Waals surface area contributed by atoms with Gasteiger partial charge in [0.25, 0.3) is 10.0 Å². The summed E-state index contributed by atoms with van der Waals surface area (Å²) in [6, 6.07) is 3.04. The molecule has 0 saturated heterocycles. The van der Waals surface area contributed by atoms with E-state index in [1.54, 1.807) is 12.3 Å². The summed E-state index contributed by atoms with van der Waals surface area (Å²) in [7, 11) is -3.56. The van der Waals surface area contributed by atoms with Gasteiger partial charge >= 0.3 is 0 Å². The number of anilines is 1. The third-order valence-corrected chi connectivity index (χ3v) is 3.67. The van der Waals surface area contributed by atoms with Gasteiger partial charge in [-0.05, 0) is 18.4 Å². The highest BCUT2D eigenvalue weighted by molar-refractivity contribution is 8.14. The number of fused-ring (bicyclic) bond motifs is 1. The molecule has 1 aliphatic rings. The molecule has 14 heavy (non-hydrogen) atoms. The van der Waals surface area contributed by atoms with Gasteiger partial charge in [0.15, 0.2) is 11.0 Å². The topological polar surface area (TPSA) is 71.4 Å². The number of hydrogen-bond donors (Lipinski definition) is 1. The van der Waals surface area contributed by atoms with Crippen LogP contribution in [0.15, 0.2) is 27.6 Å². The molecule has 7 heteroatoms. The fourth-order valence-electron chi connectivity index (χ4n) is 1.06. The van der Waals surface area contributed by atoms with E-state index in [1.165, 1.54) is 24.0 Å². The Morgan fingerprint density at radius 3 is 3.00 bits per heavy atom. The lowest BCUT2D eigenvalue weighted by atomic mass is 10.4. The van der Waals surface area contributed by atoms with E-state index in [1.807, 2.05) is 0 Å². The van der Waals surface area contributed by atoms with Crippen LogP contribution >= 0.6 is 11.8 Å². The molecule has 0 aliphatic carbocycles. The van der Waals surface area contributed by atoms with Crippen LogP contribution in [-0.2, 0) is 10.0 Å². The summed E-state index contributed by atoms with van der Waals surface area (Å²) < 4.78 is 26.7. The number of aromatic nitrogens is 1. The Bertz CT molecular complexity index is 495. The highest BCUT2D eigenvalue weighted by Gasteiger charge is 2.24. The zero-order chi connectivity index (χ0) is 10.2. The molecule has 0 atom stereocenters. The lowest BCUT2D eigenvalue weighted by Gasteiger charge is -2.14. The van der Waals surface area contributed by atoms with Crippen molar-refractivity contribution in [3.63, 3.8) is 0 Å². The summed E-state index contributed by atoms with van der Waals surface area (Å²) in [6.45, 7) is 0. The van der Waals surface area contributed by atoms with Crippen LogP contribution in [-0.4, -0.2) is 24.8 Å². The molecule has 5 nitrogen and oxygen atoms in total. The van der Waals surface area contributed by atoms with Crippen molar-refractivity contribution in [1.29, 1.82) is 0 Å². The molecular formula is C7H7N3O2S2. The van der Waals surface area contributed by atoms with Crippen molar-refractivity contribution < 1.29 is 8.42 Å². The average Bonchev–Trinajstić information content (AvgIpc) is 2.17. The fourth-order valence-corrected chi connectivity index (χ4v) is 2.82. The Balaban J connectivity index is 2.63. The van der Waals surface area contributed by atoms with Crippen LogP contribution < -0.4 is 5.32 Å². The van der Waals surface area contributed by atoms with E-state index >= 15 is 0 Å². The predicted octanol–water partition coefficient (Wildman–Crippen LogP) is 0.915. The molecule has 2 rings (SSSR count). The smallest absolute Gasteiger partial charge is 0.288 e. The van der Waals surface area contributed by atoms with Gasteiger partial charge in [0.1, 0.15) is 4.90 Å². The summed E-state index contributed by atoms with van der Waals surface area (Å²) in [5, 5.41) is 3.17. The molecule has 74 valence electrons. The Morgan fingerprint density at radius 2 is 2.29 bits per heavy atom. The highest BCUT2D eigenvalue weighted by Crippen LogP contribution is 2.26. The third kappa shape index (κ3) is 1.48. The number of pyridine rings is 1. The van der Waals surface area contributed by atoms with Gasteiger partial charge in [-0.3, -0.25) is 0 Å². The van der Waals surface area contributed by atoms with E-state index in [-0.39, 0.29) is 4.90 Å². The molecule has 0 fully saturated rings. The van der Waals surface area contributed by atoms with Crippen molar-refractivity contribution in [1.82, 2.24) is 4.98 Å². The lowest BCUT2D eigenvalue weighted by Crippen LogP contribution is -2.19. The van der Waals surface area contributed by atoms with Crippen molar-refractivity contribution in [2.45, 2.75) is 4.90 Å². The second-order valence-electron chi connectivity index (χ2n) is 2.55. The van der Waals surface area contributed by atoms with Crippen LogP contribution in [0.25, 0.3) is 0 Å². The average molecular weight is 229 g/mol. The molecule has 2 heterocycles. The first-order valence-corrected chi connectivity index (χ1v) is 6.41. The number of hydrogen-bond acceptors (Lipinski definition) is 5. The SMILES string of the molecule is CSC1=NS(=O)(=O)c2cccnc2N1. The summed E-state index contributed by atoms with van der Waals surface area (Å²) in [5.41, 5.74) is 0. The van der Waals surface area contributed by atoms with Crippen molar-refractivity contribution in [3.8, 4) is 0 Å². The van der Waals surface area contributed by atoms with Crippen molar-refractivity contribution >= 4 is 32.8 Å². The number of sulfonamides is 1. The first-order chi connectivity index (χ1) is 6.63. The van der Waals surface area contributed by atoms with Crippen LogP contribution in [0.5, 0.6) is 0 Å². The number of amidine groups is 1. The van der Waals surface area contributed by atoms with E-state index in [4.69, 9.17) is 0 Å². The van der Waals surface area contributed by atoms with Gasteiger partial charge in [-0.15, -0.1) is 4.40 Å². The zero-order valence-corrected chi connectivity index (χ0v) is 8.89. The van der Waals surface area contributed by atoms with Crippen LogP contribution in [0.1, 0.15) is 0 Å². The monoisotopic (exact) mass is 229 g/mol. The lowest BCUT2D eigenvalue weighted by molar-refractivity contribution is 0.597. The van der Waals surface area contributed by atoms with Crippen LogP contribution in [0, 0.1) is 0 Å².